The second kappa shape index (κ2) is 6.18. The van der Waals surface area contributed by atoms with Gasteiger partial charge in [0, 0.05) is 29.9 Å². The molecule has 1 spiro atoms. The molecule has 0 radical (unpaired) electrons. The van der Waals surface area contributed by atoms with Crippen LogP contribution in [-0.2, 0) is 19.1 Å². The first-order valence-electron chi connectivity index (χ1n) is 11.2. The maximum Gasteiger partial charge on any atom is 0.417 e. The number of hydrogen-bond acceptors (Lipinski definition) is 3. The number of nitrogens with one attached hydrogen (secondary N) is 1. The van der Waals surface area contributed by atoms with Gasteiger partial charge in [0.2, 0.25) is 0 Å². The third kappa shape index (κ3) is 2.68. The van der Waals surface area contributed by atoms with Gasteiger partial charge < -0.3 is 15.2 Å². The first-order valence-corrected chi connectivity index (χ1v) is 11.2. The van der Waals surface area contributed by atoms with Crippen molar-refractivity contribution in [2.45, 2.75) is 84.2 Å². The number of alkyl halides is 3. The van der Waals surface area contributed by atoms with Gasteiger partial charge in [-0.2, -0.15) is 13.2 Å². The monoisotopic (exact) mass is 437 g/mol. The van der Waals surface area contributed by atoms with E-state index >= 15 is 0 Å². The molecule has 5 atom stereocenters. The van der Waals surface area contributed by atoms with E-state index in [9.17, 15) is 23.1 Å². The highest BCUT2D eigenvalue weighted by Gasteiger charge is 2.67. The second-order valence-electron chi connectivity index (χ2n) is 11.1. The summed E-state index contributed by atoms with van der Waals surface area (Å²) in [5.74, 6) is 0.154. The second-order valence-corrected chi connectivity index (χ2v) is 11.1. The number of ether oxygens (including phenoxy) is 1. The minimum atomic E-state index is -4.61. The Morgan fingerprint density at radius 1 is 1.19 bits per heavy atom. The molecular weight excluding hydrogens is 407 g/mol. The Kier molecular flexibility index (Phi) is 4.21. The van der Waals surface area contributed by atoms with E-state index < -0.39 is 34.8 Å². The van der Waals surface area contributed by atoms with Crippen LogP contribution in [-0.4, -0.2) is 22.7 Å². The topological polar surface area (TPSA) is 58.6 Å². The highest BCUT2D eigenvalue weighted by molar-refractivity contribution is 6.01. The first kappa shape index (κ1) is 21.1. The number of halogens is 3. The Bertz CT molecular complexity index is 972. The lowest BCUT2D eigenvalue weighted by atomic mass is 9.44. The van der Waals surface area contributed by atoms with Crippen LogP contribution in [0.25, 0.3) is 0 Å². The molecule has 1 aromatic rings. The fourth-order valence-electron chi connectivity index (χ4n) is 7.43. The average molecular weight is 438 g/mol. The van der Waals surface area contributed by atoms with Crippen LogP contribution in [0.5, 0.6) is 5.75 Å². The molecule has 0 aromatic heterocycles. The Morgan fingerprint density at radius 3 is 2.58 bits per heavy atom. The van der Waals surface area contributed by atoms with Gasteiger partial charge in [-0.25, -0.2) is 0 Å². The predicted molar refractivity (Wildman–Crippen MR) is 109 cm³/mol. The maximum absolute atomic E-state index is 13.9. The van der Waals surface area contributed by atoms with E-state index in [0.717, 1.165) is 18.9 Å². The fraction of sp³-hybridized carbons (Fsp3) is 0.708. The van der Waals surface area contributed by atoms with Gasteiger partial charge in [0.25, 0.3) is 5.91 Å². The van der Waals surface area contributed by atoms with Crippen LogP contribution in [0, 0.1) is 22.7 Å². The molecule has 1 unspecified atom stereocenters. The number of hydrogen-bond donors (Lipinski definition) is 2. The zero-order chi connectivity index (χ0) is 22.6. The molecule has 1 aromatic carbocycles. The smallest absolute Gasteiger partial charge is 0.417 e. The quantitative estimate of drug-likeness (QED) is 0.610. The molecule has 2 heterocycles. The van der Waals surface area contributed by atoms with Crippen LogP contribution in [0.4, 0.5) is 13.2 Å². The van der Waals surface area contributed by atoms with Gasteiger partial charge in [-0.05, 0) is 48.6 Å². The van der Waals surface area contributed by atoms with Gasteiger partial charge in [-0.3, -0.25) is 4.79 Å². The lowest BCUT2D eigenvalue weighted by Crippen LogP contribution is -2.70. The summed E-state index contributed by atoms with van der Waals surface area (Å²) in [6.45, 7) is 8.66. The van der Waals surface area contributed by atoms with Gasteiger partial charge in [0.05, 0.1) is 17.2 Å². The number of benzene rings is 1. The first-order chi connectivity index (χ1) is 14.3. The molecule has 2 aliphatic carbocycles. The summed E-state index contributed by atoms with van der Waals surface area (Å²) < 4.78 is 48.4. The van der Waals surface area contributed by atoms with Crippen molar-refractivity contribution in [2.24, 2.45) is 22.7 Å². The summed E-state index contributed by atoms with van der Waals surface area (Å²) in [6.07, 6.45) is -1.58. The molecule has 2 fully saturated rings. The third-order valence-electron chi connectivity index (χ3n) is 9.01. The standard InChI is InChI=1S/C24H30F3NO3/c1-12-5-6-17-21(2,3)9-14(29)10-23(17)22(12,4)8-13-7-16(24(25,26)27)18-15(19(13)31-23)11-28-20(18)30/h7,12,14,17,29H,5-6,8-11H2,1-4H3,(H,28,30)/t12-,14?,17-,22+,23-/m0/s1. The molecule has 4 aliphatic rings. The molecule has 5 rings (SSSR count). The van der Waals surface area contributed by atoms with Crippen molar-refractivity contribution >= 4 is 5.91 Å². The summed E-state index contributed by atoms with van der Waals surface area (Å²) in [7, 11) is 0. The summed E-state index contributed by atoms with van der Waals surface area (Å²) >= 11 is 0. The molecule has 4 nitrogen and oxygen atoms in total. The molecule has 0 saturated heterocycles. The summed E-state index contributed by atoms with van der Waals surface area (Å²) in [5.41, 5.74) is -1.56. The largest absolute Gasteiger partial charge is 0.486 e. The number of carbonyl (C=O) groups excluding carboxylic acids is 1. The zero-order valence-corrected chi connectivity index (χ0v) is 18.4. The zero-order valence-electron chi connectivity index (χ0n) is 18.4. The van der Waals surface area contributed by atoms with E-state index in [4.69, 9.17) is 4.74 Å². The molecule has 2 N–H and O–H groups in total. The van der Waals surface area contributed by atoms with Crippen LogP contribution >= 0.6 is 0 Å². The van der Waals surface area contributed by atoms with Gasteiger partial charge in [-0.1, -0.05) is 27.7 Å². The Hall–Kier alpha value is -1.76. The van der Waals surface area contributed by atoms with Crippen LogP contribution < -0.4 is 10.1 Å². The Balaban J connectivity index is 1.75. The number of aliphatic hydroxyl groups is 1. The van der Waals surface area contributed by atoms with Gasteiger partial charge in [-0.15, -0.1) is 0 Å². The van der Waals surface area contributed by atoms with E-state index in [2.05, 4.69) is 33.0 Å². The number of amides is 1. The molecule has 0 bridgehead atoms. The minimum Gasteiger partial charge on any atom is -0.486 e. The molecular formula is C24H30F3NO3. The number of fused-ring (bicyclic) bond motifs is 3. The van der Waals surface area contributed by atoms with Crippen molar-refractivity contribution in [2.75, 3.05) is 0 Å². The van der Waals surface area contributed by atoms with E-state index in [-0.39, 0.29) is 29.4 Å². The van der Waals surface area contributed by atoms with Crippen molar-refractivity contribution < 1.29 is 27.8 Å². The molecule has 7 heteroatoms. The lowest BCUT2D eigenvalue weighted by Gasteiger charge is -2.66. The van der Waals surface area contributed by atoms with Gasteiger partial charge in [0.15, 0.2) is 0 Å². The summed E-state index contributed by atoms with van der Waals surface area (Å²) in [5, 5.41) is 13.4. The lowest BCUT2D eigenvalue weighted by molar-refractivity contribution is -0.230. The highest BCUT2D eigenvalue weighted by atomic mass is 19.4. The molecule has 2 aliphatic heterocycles. The van der Waals surface area contributed by atoms with Crippen LogP contribution in [0.1, 0.15) is 80.4 Å². The van der Waals surface area contributed by atoms with E-state index in [1.54, 1.807) is 0 Å². The van der Waals surface area contributed by atoms with Crippen molar-refractivity contribution in [3.8, 4) is 5.75 Å². The summed E-state index contributed by atoms with van der Waals surface area (Å²) in [6, 6.07) is 1.14. The Labute approximate surface area is 180 Å². The van der Waals surface area contributed by atoms with Crippen LogP contribution in [0.3, 0.4) is 0 Å². The van der Waals surface area contributed by atoms with Crippen LogP contribution in [0.15, 0.2) is 6.07 Å². The molecule has 31 heavy (non-hydrogen) atoms. The number of aliphatic hydroxyl groups excluding tert-OH is 1. The molecule has 1 amide bonds. The normalized spacial score (nSPS) is 38.3. The number of carbonyl (C=O) groups is 1. The molecule has 2 saturated carbocycles. The van der Waals surface area contributed by atoms with Crippen molar-refractivity contribution in [3.05, 3.63) is 28.3 Å². The highest BCUT2D eigenvalue weighted by Crippen LogP contribution is 2.66. The minimum absolute atomic E-state index is 0.0411. The van der Waals surface area contributed by atoms with Crippen molar-refractivity contribution in [1.29, 1.82) is 0 Å². The van der Waals surface area contributed by atoms with Crippen molar-refractivity contribution in [1.82, 2.24) is 5.32 Å². The molecule has 170 valence electrons. The van der Waals surface area contributed by atoms with Crippen LogP contribution in [0.2, 0.25) is 0 Å². The van der Waals surface area contributed by atoms with Gasteiger partial charge >= 0.3 is 6.18 Å². The average Bonchev–Trinajstić information content (AvgIpc) is 3.01. The Morgan fingerprint density at radius 2 is 1.90 bits per heavy atom. The summed E-state index contributed by atoms with van der Waals surface area (Å²) in [4.78, 5) is 12.3. The van der Waals surface area contributed by atoms with Gasteiger partial charge in [0.1, 0.15) is 11.4 Å². The fourth-order valence-corrected chi connectivity index (χ4v) is 7.43. The van der Waals surface area contributed by atoms with E-state index in [1.807, 2.05) is 0 Å². The maximum atomic E-state index is 13.9. The number of rotatable bonds is 0. The predicted octanol–water partition coefficient (Wildman–Crippen LogP) is 4.86. The van der Waals surface area contributed by atoms with Crippen molar-refractivity contribution in [3.63, 3.8) is 0 Å². The SMILES string of the molecule is C[C@H]1CC[C@H]2C(C)(C)CC(O)C[C@]23Oc2c(cc(C(F)(F)F)c4c2CNC4=O)C[C@]13C. The van der Waals surface area contributed by atoms with E-state index in [0.29, 0.717) is 36.1 Å². The third-order valence-corrected chi connectivity index (χ3v) is 9.01. The van der Waals surface area contributed by atoms with E-state index in [1.165, 1.54) is 0 Å².